The van der Waals surface area contributed by atoms with Gasteiger partial charge in [0, 0.05) is 0 Å². The minimum Gasteiger partial charge on any atom is -0.493 e. The lowest BCUT2D eigenvalue weighted by molar-refractivity contribution is -0.114. The number of allylic oxidation sites excluding steroid dienone is 1. The van der Waals surface area contributed by atoms with E-state index in [0.29, 0.717) is 46.7 Å². The van der Waals surface area contributed by atoms with Crippen LogP contribution in [0.2, 0.25) is 5.02 Å². The van der Waals surface area contributed by atoms with Crippen molar-refractivity contribution in [1.82, 2.24) is 5.01 Å². The Hall–Kier alpha value is -3.56. The SMILES string of the molecule is C=CCc1ccccc1OCCOc1c(Cl)cc(/C=C2/C(=N)N3N=C(CC)SC3=NC2=O)cc1OC. The monoisotopic (exact) mass is 524 g/mol. The summed E-state index contributed by atoms with van der Waals surface area (Å²) < 4.78 is 17.2. The Morgan fingerprint density at radius 2 is 1.97 bits per heavy atom. The number of benzene rings is 2. The normalized spacial score (nSPS) is 16.0. The fourth-order valence-electron chi connectivity index (χ4n) is 3.57. The number of nitrogens with zero attached hydrogens (tertiary/aromatic N) is 3. The molecule has 0 saturated heterocycles. The Labute approximate surface area is 218 Å². The highest BCUT2D eigenvalue weighted by Gasteiger charge is 2.35. The lowest BCUT2D eigenvalue weighted by atomic mass is 10.1. The van der Waals surface area contributed by atoms with Gasteiger partial charge in [0.25, 0.3) is 5.91 Å². The summed E-state index contributed by atoms with van der Waals surface area (Å²) in [5.74, 6) is 0.991. The van der Waals surface area contributed by atoms with E-state index in [9.17, 15) is 4.79 Å². The van der Waals surface area contributed by atoms with E-state index in [1.807, 2.05) is 37.3 Å². The second-order valence-electron chi connectivity index (χ2n) is 7.70. The van der Waals surface area contributed by atoms with Crippen LogP contribution in [0.1, 0.15) is 24.5 Å². The highest BCUT2D eigenvalue weighted by atomic mass is 35.5. The van der Waals surface area contributed by atoms with Gasteiger partial charge in [0.05, 0.1) is 17.7 Å². The molecule has 0 radical (unpaired) electrons. The maximum absolute atomic E-state index is 12.6. The number of hydrogen-bond acceptors (Lipinski definition) is 7. The molecule has 0 atom stereocenters. The zero-order valence-corrected chi connectivity index (χ0v) is 21.5. The van der Waals surface area contributed by atoms with Crippen LogP contribution in [0, 0.1) is 5.41 Å². The molecule has 0 unspecified atom stereocenters. The molecule has 1 N–H and O–H groups in total. The van der Waals surface area contributed by atoms with Crippen LogP contribution in [0.3, 0.4) is 0 Å². The van der Waals surface area contributed by atoms with Gasteiger partial charge in [0.15, 0.2) is 17.3 Å². The van der Waals surface area contributed by atoms with Gasteiger partial charge in [0.1, 0.15) is 24.0 Å². The minimum atomic E-state index is -0.504. The van der Waals surface area contributed by atoms with Crippen LogP contribution in [-0.4, -0.2) is 47.3 Å². The molecule has 0 bridgehead atoms. The van der Waals surface area contributed by atoms with Crippen molar-refractivity contribution < 1.29 is 19.0 Å². The molecule has 2 aromatic carbocycles. The Morgan fingerprint density at radius 1 is 1.19 bits per heavy atom. The highest BCUT2D eigenvalue weighted by molar-refractivity contribution is 8.26. The number of nitrogens with one attached hydrogen (secondary N) is 1. The highest BCUT2D eigenvalue weighted by Crippen LogP contribution is 2.38. The third-order valence-corrected chi connectivity index (χ3v) is 6.62. The van der Waals surface area contributed by atoms with Crippen molar-refractivity contribution in [3.05, 3.63) is 70.8 Å². The molecule has 8 nitrogen and oxygen atoms in total. The molecule has 2 aromatic rings. The summed E-state index contributed by atoms with van der Waals surface area (Å²) in [4.78, 5) is 16.7. The van der Waals surface area contributed by atoms with Gasteiger partial charge in [-0.05, 0) is 60.0 Å². The van der Waals surface area contributed by atoms with E-state index in [-0.39, 0.29) is 18.0 Å². The Morgan fingerprint density at radius 3 is 2.72 bits per heavy atom. The molecule has 0 aromatic heterocycles. The summed E-state index contributed by atoms with van der Waals surface area (Å²) in [6, 6.07) is 11.1. The number of hydrazone groups is 1. The number of amides is 1. The minimum absolute atomic E-state index is 0.0368. The van der Waals surface area contributed by atoms with Gasteiger partial charge in [-0.25, -0.2) is 0 Å². The number of amidine groups is 2. The molecule has 0 spiro atoms. The zero-order chi connectivity index (χ0) is 25.7. The number of rotatable bonds is 10. The average molecular weight is 525 g/mol. The molecule has 4 rings (SSSR count). The number of carbonyl (C=O) groups is 1. The van der Waals surface area contributed by atoms with Crippen LogP contribution in [-0.2, 0) is 11.2 Å². The zero-order valence-electron chi connectivity index (χ0n) is 19.9. The maximum Gasteiger partial charge on any atom is 0.283 e. The maximum atomic E-state index is 12.6. The largest absolute Gasteiger partial charge is 0.493 e. The summed E-state index contributed by atoms with van der Waals surface area (Å²) in [5, 5.41) is 15.7. The van der Waals surface area contributed by atoms with Crippen molar-refractivity contribution in [3.8, 4) is 17.2 Å². The summed E-state index contributed by atoms with van der Waals surface area (Å²) in [6.07, 6.45) is 4.78. The molecule has 36 heavy (non-hydrogen) atoms. The fourth-order valence-corrected chi connectivity index (χ4v) is 4.67. The number of hydrogen-bond donors (Lipinski definition) is 1. The van der Waals surface area contributed by atoms with Gasteiger partial charge in [0.2, 0.25) is 5.17 Å². The molecule has 2 aliphatic rings. The first-order valence-electron chi connectivity index (χ1n) is 11.3. The van der Waals surface area contributed by atoms with Crippen molar-refractivity contribution in [1.29, 1.82) is 5.41 Å². The number of halogens is 1. The molecule has 0 saturated carbocycles. The smallest absolute Gasteiger partial charge is 0.283 e. The van der Waals surface area contributed by atoms with Gasteiger partial charge in [-0.3, -0.25) is 10.2 Å². The number of ether oxygens (including phenoxy) is 3. The van der Waals surface area contributed by atoms with E-state index in [1.165, 1.54) is 23.9 Å². The van der Waals surface area contributed by atoms with E-state index in [2.05, 4.69) is 16.7 Å². The first-order valence-corrected chi connectivity index (χ1v) is 12.5. The summed E-state index contributed by atoms with van der Waals surface area (Å²) in [5.41, 5.74) is 1.72. The number of carbonyl (C=O) groups excluding carboxylic acids is 1. The first kappa shape index (κ1) is 25.5. The molecule has 0 fully saturated rings. The van der Waals surface area contributed by atoms with E-state index < -0.39 is 5.91 Å². The van der Waals surface area contributed by atoms with Gasteiger partial charge in [-0.2, -0.15) is 15.1 Å². The number of methoxy groups -OCH3 is 1. The number of thioether (sulfide) groups is 1. The van der Waals surface area contributed by atoms with E-state index >= 15 is 0 Å². The molecule has 1 amide bonds. The van der Waals surface area contributed by atoms with Gasteiger partial charge in [-0.15, -0.1) is 6.58 Å². The van der Waals surface area contributed by atoms with Crippen molar-refractivity contribution in [2.45, 2.75) is 19.8 Å². The predicted molar refractivity (Wildman–Crippen MR) is 145 cm³/mol. The van der Waals surface area contributed by atoms with E-state index in [0.717, 1.165) is 16.4 Å². The molecular formula is C26H25ClN4O4S. The average Bonchev–Trinajstić information content (AvgIpc) is 3.29. The topological polar surface area (TPSA) is 96.6 Å². The van der Waals surface area contributed by atoms with Crippen molar-refractivity contribution in [2.24, 2.45) is 10.1 Å². The quantitative estimate of drug-likeness (QED) is 0.248. The van der Waals surface area contributed by atoms with Gasteiger partial charge < -0.3 is 14.2 Å². The Balaban J connectivity index is 1.48. The van der Waals surface area contributed by atoms with Gasteiger partial charge in [-0.1, -0.05) is 42.8 Å². The van der Waals surface area contributed by atoms with E-state index in [1.54, 1.807) is 18.2 Å². The third-order valence-electron chi connectivity index (χ3n) is 5.29. The number of aliphatic imine (C=N–C) groups is 1. The standard InChI is InChI=1S/C26H25ClN4O4S/c1-4-8-17-9-6-7-10-20(17)34-11-12-35-23-19(27)14-16(15-21(23)33-3)13-18-24(28)31-26(29-25(18)32)36-22(5-2)30-31/h4,6-7,9-10,13-15,28H,1,5,8,11-12H2,2-3H3/b18-13-,28-24?. The van der Waals surface area contributed by atoms with Crippen molar-refractivity contribution in [3.63, 3.8) is 0 Å². The summed E-state index contributed by atoms with van der Waals surface area (Å²) >= 11 is 7.80. The molecule has 10 heteroatoms. The second kappa shape index (κ2) is 11.5. The third kappa shape index (κ3) is 5.47. The molecular weight excluding hydrogens is 500 g/mol. The second-order valence-corrected chi connectivity index (χ2v) is 9.15. The lowest BCUT2D eigenvalue weighted by Crippen LogP contribution is -2.35. The fraction of sp³-hybridized carbons (Fsp3) is 0.231. The van der Waals surface area contributed by atoms with Crippen LogP contribution in [0.4, 0.5) is 0 Å². The summed E-state index contributed by atoms with van der Waals surface area (Å²) in [7, 11) is 1.50. The van der Waals surface area contributed by atoms with Crippen LogP contribution in [0.25, 0.3) is 6.08 Å². The van der Waals surface area contributed by atoms with Gasteiger partial charge >= 0.3 is 0 Å². The number of para-hydroxylation sites is 1. The number of fused-ring (bicyclic) bond motifs is 1. The van der Waals surface area contributed by atoms with Crippen molar-refractivity contribution in [2.75, 3.05) is 20.3 Å². The van der Waals surface area contributed by atoms with Crippen LogP contribution < -0.4 is 14.2 Å². The Bertz CT molecular complexity index is 1300. The molecule has 2 aliphatic heterocycles. The molecule has 0 aliphatic carbocycles. The lowest BCUT2D eigenvalue weighted by Gasteiger charge is -2.20. The first-order chi connectivity index (χ1) is 17.4. The van der Waals surface area contributed by atoms with Crippen LogP contribution in [0.5, 0.6) is 17.2 Å². The predicted octanol–water partition coefficient (Wildman–Crippen LogP) is 5.56. The summed E-state index contributed by atoms with van der Waals surface area (Å²) in [6.45, 7) is 6.28. The van der Waals surface area contributed by atoms with Crippen LogP contribution >= 0.6 is 23.4 Å². The van der Waals surface area contributed by atoms with Crippen LogP contribution in [0.15, 0.2) is 64.7 Å². The van der Waals surface area contributed by atoms with Crippen molar-refractivity contribution >= 4 is 51.4 Å². The Kier molecular flexibility index (Phi) is 8.12. The molecule has 186 valence electrons. The van der Waals surface area contributed by atoms with E-state index in [4.69, 9.17) is 31.2 Å². The molecule has 2 heterocycles.